The summed E-state index contributed by atoms with van der Waals surface area (Å²) >= 11 is 5.82. The van der Waals surface area contributed by atoms with E-state index in [1.807, 2.05) is 24.4 Å². The molecule has 2 heterocycles. The van der Waals surface area contributed by atoms with E-state index in [9.17, 15) is 0 Å². The number of nitrogens with zero attached hydrogens (tertiary/aromatic N) is 3. The molecular formula is C17H20ClN3O. The van der Waals surface area contributed by atoms with Crippen LogP contribution in [0.4, 0.5) is 0 Å². The average molecular weight is 318 g/mol. The third-order valence-electron chi connectivity index (χ3n) is 3.85. The second-order valence-corrected chi connectivity index (χ2v) is 5.71. The molecule has 0 fully saturated rings. The minimum Gasteiger partial charge on any atom is -0.384 e. The minimum absolute atomic E-state index is 0.671. The molecule has 5 heteroatoms. The summed E-state index contributed by atoms with van der Waals surface area (Å²) < 4.78 is 7.53. The number of benzene rings is 1. The first-order chi connectivity index (χ1) is 10.8. The van der Waals surface area contributed by atoms with E-state index in [1.165, 1.54) is 5.52 Å². The summed E-state index contributed by atoms with van der Waals surface area (Å²) in [5.74, 6) is 1.76. The topological polar surface area (TPSA) is 39.9 Å². The molecule has 0 spiro atoms. The van der Waals surface area contributed by atoms with E-state index in [0.717, 1.165) is 48.1 Å². The standard InChI is InChI=1S/C17H20ClN3O/c1-22-11-8-16-20-15-12-19-14-7-3-2-6-13(14)17(15)21(16)10-5-4-9-18/h2-3,6-7,12H,4-5,8-11H2,1H3. The summed E-state index contributed by atoms with van der Waals surface area (Å²) in [6, 6.07) is 8.22. The number of methoxy groups -OCH3 is 1. The first kappa shape index (κ1) is 15.3. The Morgan fingerprint density at radius 1 is 1.18 bits per heavy atom. The zero-order chi connectivity index (χ0) is 15.4. The summed E-state index contributed by atoms with van der Waals surface area (Å²) in [7, 11) is 1.72. The Morgan fingerprint density at radius 2 is 2.05 bits per heavy atom. The molecule has 0 aliphatic heterocycles. The molecule has 0 radical (unpaired) electrons. The molecule has 0 saturated carbocycles. The lowest BCUT2D eigenvalue weighted by Gasteiger charge is -2.10. The first-order valence-electron chi connectivity index (χ1n) is 7.63. The van der Waals surface area contributed by atoms with E-state index in [4.69, 9.17) is 21.3 Å². The van der Waals surface area contributed by atoms with Gasteiger partial charge >= 0.3 is 0 Å². The number of unbranched alkanes of at least 4 members (excludes halogenated alkanes) is 1. The molecule has 0 amide bonds. The van der Waals surface area contributed by atoms with Gasteiger partial charge in [0.1, 0.15) is 11.3 Å². The highest BCUT2D eigenvalue weighted by molar-refractivity contribution is 6.17. The van der Waals surface area contributed by atoms with Crippen molar-refractivity contribution in [3.05, 3.63) is 36.3 Å². The largest absolute Gasteiger partial charge is 0.384 e. The lowest BCUT2D eigenvalue weighted by molar-refractivity contribution is 0.199. The molecule has 2 aromatic heterocycles. The van der Waals surface area contributed by atoms with Crippen LogP contribution in [0.1, 0.15) is 18.7 Å². The van der Waals surface area contributed by atoms with Crippen LogP contribution in [0.25, 0.3) is 21.9 Å². The first-order valence-corrected chi connectivity index (χ1v) is 8.16. The number of alkyl halides is 1. The minimum atomic E-state index is 0.671. The van der Waals surface area contributed by atoms with E-state index in [0.29, 0.717) is 12.5 Å². The number of para-hydroxylation sites is 1. The van der Waals surface area contributed by atoms with Crippen LogP contribution in [0.2, 0.25) is 0 Å². The Morgan fingerprint density at radius 3 is 2.86 bits per heavy atom. The van der Waals surface area contributed by atoms with Gasteiger partial charge in [0.2, 0.25) is 0 Å². The number of hydrogen-bond donors (Lipinski definition) is 0. The van der Waals surface area contributed by atoms with E-state index in [2.05, 4.69) is 15.6 Å². The van der Waals surface area contributed by atoms with Crippen molar-refractivity contribution < 1.29 is 4.74 Å². The highest BCUT2D eigenvalue weighted by Gasteiger charge is 2.13. The molecule has 3 rings (SSSR count). The van der Waals surface area contributed by atoms with Gasteiger partial charge < -0.3 is 9.30 Å². The molecule has 1 aromatic carbocycles. The van der Waals surface area contributed by atoms with Crippen LogP contribution in [0.15, 0.2) is 30.5 Å². The lowest BCUT2D eigenvalue weighted by Crippen LogP contribution is -2.07. The van der Waals surface area contributed by atoms with Gasteiger partial charge in [-0.25, -0.2) is 4.98 Å². The third kappa shape index (κ3) is 2.94. The SMILES string of the molecule is COCCc1nc2cnc3ccccc3c2n1CCCCCl. The summed E-state index contributed by atoms with van der Waals surface area (Å²) in [6.45, 7) is 1.60. The van der Waals surface area contributed by atoms with E-state index < -0.39 is 0 Å². The molecule has 116 valence electrons. The van der Waals surface area contributed by atoms with E-state index in [1.54, 1.807) is 7.11 Å². The number of ether oxygens (including phenoxy) is 1. The molecule has 0 N–H and O–H groups in total. The van der Waals surface area contributed by atoms with Gasteiger partial charge in [0.05, 0.1) is 23.8 Å². The normalized spacial score (nSPS) is 11.5. The van der Waals surface area contributed by atoms with Gasteiger partial charge in [0.25, 0.3) is 0 Å². The zero-order valence-corrected chi connectivity index (χ0v) is 13.5. The maximum atomic E-state index is 5.82. The van der Waals surface area contributed by atoms with Crippen LogP contribution in [0.5, 0.6) is 0 Å². The molecule has 0 atom stereocenters. The second kappa shape index (κ2) is 7.07. The summed E-state index contributed by atoms with van der Waals surface area (Å²) in [5.41, 5.74) is 3.13. The Balaban J connectivity index is 2.12. The van der Waals surface area contributed by atoms with Crippen LogP contribution in [0.3, 0.4) is 0 Å². The lowest BCUT2D eigenvalue weighted by atomic mass is 10.2. The van der Waals surface area contributed by atoms with Gasteiger partial charge in [-0.3, -0.25) is 4.98 Å². The monoisotopic (exact) mass is 317 g/mol. The van der Waals surface area contributed by atoms with Gasteiger partial charge in [-0.1, -0.05) is 18.2 Å². The molecule has 0 aliphatic carbocycles. The maximum absolute atomic E-state index is 5.82. The van der Waals surface area contributed by atoms with Crippen molar-refractivity contribution in [3.8, 4) is 0 Å². The van der Waals surface area contributed by atoms with Crippen LogP contribution in [-0.2, 0) is 17.7 Å². The maximum Gasteiger partial charge on any atom is 0.112 e. The summed E-state index contributed by atoms with van der Waals surface area (Å²) in [4.78, 5) is 9.28. The fraction of sp³-hybridized carbons (Fsp3) is 0.412. The Bertz CT molecular complexity index is 769. The highest BCUT2D eigenvalue weighted by Crippen LogP contribution is 2.25. The van der Waals surface area contributed by atoms with E-state index in [-0.39, 0.29) is 0 Å². The van der Waals surface area contributed by atoms with Gasteiger partial charge in [-0.2, -0.15) is 0 Å². The average Bonchev–Trinajstić information content (AvgIpc) is 2.91. The van der Waals surface area contributed by atoms with Crippen molar-refractivity contribution >= 4 is 33.5 Å². The number of fused-ring (bicyclic) bond motifs is 3. The van der Waals surface area contributed by atoms with Crippen molar-refractivity contribution in [2.75, 3.05) is 19.6 Å². The van der Waals surface area contributed by atoms with Crippen molar-refractivity contribution in [3.63, 3.8) is 0 Å². The molecule has 22 heavy (non-hydrogen) atoms. The van der Waals surface area contributed by atoms with Gasteiger partial charge in [0, 0.05) is 31.3 Å². The molecule has 4 nitrogen and oxygen atoms in total. The predicted octanol–water partition coefficient (Wildman–Crippen LogP) is 3.79. The third-order valence-corrected chi connectivity index (χ3v) is 4.12. The van der Waals surface area contributed by atoms with Gasteiger partial charge in [0.15, 0.2) is 0 Å². The van der Waals surface area contributed by atoms with Crippen LogP contribution in [-0.4, -0.2) is 34.1 Å². The summed E-state index contributed by atoms with van der Waals surface area (Å²) in [6.07, 6.45) is 4.73. The number of aromatic nitrogens is 3. The highest BCUT2D eigenvalue weighted by atomic mass is 35.5. The smallest absolute Gasteiger partial charge is 0.112 e. The number of halogens is 1. The van der Waals surface area contributed by atoms with Crippen molar-refractivity contribution in [2.45, 2.75) is 25.8 Å². The van der Waals surface area contributed by atoms with Crippen molar-refractivity contribution in [2.24, 2.45) is 0 Å². The van der Waals surface area contributed by atoms with Gasteiger partial charge in [-0.05, 0) is 18.9 Å². The fourth-order valence-electron chi connectivity index (χ4n) is 2.80. The van der Waals surface area contributed by atoms with Crippen LogP contribution >= 0.6 is 11.6 Å². The van der Waals surface area contributed by atoms with Crippen molar-refractivity contribution in [1.82, 2.24) is 14.5 Å². The Labute approximate surface area is 135 Å². The van der Waals surface area contributed by atoms with Gasteiger partial charge in [-0.15, -0.1) is 11.6 Å². The fourth-order valence-corrected chi connectivity index (χ4v) is 2.99. The quantitative estimate of drug-likeness (QED) is 0.491. The van der Waals surface area contributed by atoms with Crippen molar-refractivity contribution in [1.29, 1.82) is 0 Å². The van der Waals surface area contributed by atoms with Crippen LogP contribution in [0, 0.1) is 0 Å². The Kier molecular flexibility index (Phi) is 4.90. The number of aryl methyl sites for hydroxylation is 1. The number of imidazole rings is 1. The zero-order valence-electron chi connectivity index (χ0n) is 12.8. The predicted molar refractivity (Wildman–Crippen MR) is 90.6 cm³/mol. The molecule has 0 unspecified atom stereocenters. The van der Waals surface area contributed by atoms with Crippen LogP contribution < -0.4 is 0 Å². The summed E-state index contributed by atoms with van der Waals surface area (Å²) in [5, 5.41) is 1.15. The molecule has 0 saturated heterocycles. The molecule has 0 aliphatic rings. The number of pyridine rings is 1. The molecule has 3 aromatic rings. The second-order valence-electron chi connectivity index (χ2n) is 5.33. The molecule has 0 bridgehead atoms. The Hall–Kier alpha value is -1.65. The number of hydrogen-bond acceptors (Lipinski definition) is 3. The molecular weight excluding hydrogens is 298 g/mol. The number of rotatable bonds is 7. The van der Waals surface area contributed by atoms with E-state index >= 15 is 0 Å².